The van der Waals surface area contributed by atoms with Crippen LogP contribution in [-0.4, -0.2) is 55.8 Å². The van der Waals surface area contributed by atoms with Crippen molar-refractivity contribution in [1.29, 1.82) is 0 Å². The quantitative estimate of drug-likeness (QED) is 0.782. The van der Waals surface area contributed by atoms with Gasteiger partial charge in [0.05, 0.1) is 10.9 Å². The summed E-state index contributed by atoms with van der Waals surface area (Å²) in [7, 11) is -3.53. The minimum atomic E-state index is -3.53. The van der Waals surface area contributed by atoms with Crippen molar-refractivity contribution in [1.82, 2.24) is 9.21 Å². The standard InChI is InChI=1S/C21H26ClN3O3S/c1-15-4-9-20(14-16(15)2)29(27,28)25-12-10-24(11-13-25)17(3)21(26)23-19-7-5-18(22)6-8-19/h4-9,14,17H,10-13H2,1-3H3,(H,23,26). The summed E-state index contributed by atoms with van der Waals surface area (Å²) in [5.41, 5.74) is 2.70. The van der Waals surface area contributed by atoms with Crippen molar-refractivity contribution in [3.63, 3.8) is 0 Å². The number of anilines is 1. The second-order valence-electron chi connectivity index (χ2n) is 7.36. The van der Waals surface area contributed by atoms with E-state index in [0.29, 0.717) is 41.8 Å². The Morgan fingerprint density at radius 1 is 1.00 bits per heavy atom. The number of benzene rings is 2. The van der Waals surface area contributed by atoms with E-state index in [1.807, 2.05) is 31.7 Å². The minimum absolute atomic E-state index is 0.127. The Kier molecular flexibility index (Phi) is 6.63. The number of carbonyl (C=O) groups excluding carboxylic acids is 1. The van der Waals surface area contributed by atoms with E-state index in [-0.39, 0.29) is 11.9 Å². The van der Waals surface area contributed by atoms with E-state index in [1.165, 1.54) is 4.31 Å². The molecule has 2 aromatic rings. The molecule has 1 fully saturated rings. The van der Waals surface area contributed by atoms with Gasteiger partial charge in [-0.05, 0) is 68.3 Å². The van der Waals surface area contributed by atoms with E-state index in [0.717, 1.165) is 11.1 Å². The van der Waals surface area contributed by atoms with Gasteiger partial charge in [-0.2, -0.15) is 4.31 Å². The Balaban J connectivity index is 1.61. The van der Waals surface area contributed by atoms with Crippen molar-refractivity contribution >= 4 is 33.2 Å². The van der Waals surface area contributed by atoms with Gasteiger partial charge in [0.1, 0.15) is 0 Å². The number of hydrogen-bond acceptors (Lipinski definition) is 4. The fourth-order valence-electron chi connectivity index (χ4n) is 3.30. The van der Waals surface area contributed by atoms with Crippen LogP contribution < -0.4 is 5.32 Å². The van der Waals surface area contributed by atoms with Gasteiger partial charge in [0.2, 0.25) is 15.9 Å². The molecule has 1 unspecified atom stereocenters. The number of sulfonamides is 1. The molecular formula is C21H26ClN3O3S. The summed E-state index contributed by atoms with van der Waals surface area (Å²) in [5.74, 6) is -0.127. The predicted molar refractivity (Wildman–Crippen MR) is 116 cm³/mol. The van der Waals surface area contributed by atoms with Crippen LogP contribution in [0.2, 0.25) is 5.02 Å². The van der Waals surface area contributed by atoms with Gasteiger partial charge in [-0.25, -0.2) is 8.42 Å². The third-order valence-corrected chi connectivity index (χ3v) is 7.57. The predicted octanol–water partition coefficient (Wildman–Crippen LogP) is 3.29. The molecule has 0 radical (unpaired) electrons. The molecule has 0 aliphatic carbocycles. The third-order valence-electron chi connectivity index (χ3n) is 5.43. The number of aryl methyl sites for hydroxylation is 2. The number of piperazine rings is 1. The van der Waals surface area contributed by atoms with Crippen molar-refractivity contribution in [2.75, 3.05) is 31.5 Å². The van der Waals surface area contributed by atoms with Gasteiger partial charge in [-0.15, -0.1) is 0 Å². The highest BCUT2D eigenvalue weighted by Gasteiger charge is 2.32. The van der Waals surface area contributed by atoms with Crippen LogP contribution in [0.15, 0.2) is 47.4 Å². The molecule has 156 valence electrons. The monoisotopic (exact) mass is 435 g/mol. The van der Waals surface area contributed by atoms with Crippen LogP contribution >= 0.6 is 11.6 Å². The fourth-order valence-corrected chi connectivity index (χ4v) is 4.93. The van der Waals surface area contributed by atoms with Crippen LogP contribution in [0.25, 0.3) is 0 Å². The highest BCUT2D eigenvalue weighted by molar-refractivity contribution is 7.89. The molecule has 1 atom stereocenters. The largest absolute Gasteiger partial charge is 0.325 e. The molecule has 0 bridgehead atoms. The molecule has 1 saturated heterocycles. The molecule has 6 nitrogen and oxygen atoms in total. The highest BCUT2D eigenvalue weighted by atomic mass is 35.5. The van der Waals surface area contributed by atoms with Gasteiger partial charge in [0.25, 0.3) is 0 Å². The lowest BCUT2D eigenvalue weighted by Crippen LogP contribution is -2.53. The number of amides is 1. The lowest BCUT2D eigenvalue weighted by atomic mass is 10.1. The molecule has 1 aliphatic heterocycles. The summed E-state index contributed by atoms with van der Waals surface area (Å²) in [6.07, 6.45) is 0. The van der Waals surface area contributed by atoms with Gasteiger partial charge in [0, 0.05) is 36.9 Å². The highest BCUT2D eigenvalue weighted by Crippen LogP contribution is 2.21. The first-order valence-corrected chi connectivity index (χ1v) is 11.4. The van der Waals surface area contributed by atoms with Gasteiger partial charge in [-0.1, -0.05) is 17.7 Å². The zero-order chi connectivity index (χ0) is 21.2. The molecule has 1 amide bonds. The molecule has 2 aromatic carbocycles. The van der Waals surface area contributed by atoms with Gasteiger partial charge in [-0.3, -0.25) is 9.69 Å². The molecule has 0 spiro atoms. The van der Waals surface area contributed by atoms with E-state index < -0.39 is 10.0 Å². The molecule has 8 heteroatoms. The van der Waals surface area contributed by atoms with Crippen LogP contribution in [0.1, 0.15) is 18.1 Å². The van der Waals surface area contributed by atoms with E-state index in [9.17, 15) is 13.2 Å². The number of halogens is 1. The Hall–Kier alpha value is -1.93. The van der Waals surface area contributed by atoms with Crippen molar-refractivity contribution in [2.24, 2.45) is 0 Å². The van der Waals surface area contributed by atoms with Gasteiger partial charge < -0.3 is 5.32 Å². The van der Waals surface area contributed by atoms with Crippen molar-refractivity contribution in [3.8, 4) is 0 Å². The summed E-state index contributed by atoms with van der Waals surface area (Å²) >= 11 is 5.87. The van der Waals surface area contributed by atoms with E-state index in [2.05, 4.69) is 5.32 Å². The summed E-state index contributed by atoms with van der Waals surface area (Å²) in [5, 5.41) is 3.48. The molecule has 3 rings (SSSR count). The fraction of sp³-hybridized carbons (Fsp3) is 0.381. The van der Waals surface area contributed by atoms with Gasteiger partial charge in [0.15, 0.2) is 0 Å². The van der Waals surface area contributed by atoms with E-state index in [4.69, 9.17) is 11.6 Å². The smallest absolute Gasteiger partial charge is 0.243 e. The molecule has 29 heavy (non-hydrogen) atoms. The lowest BCUT2D eigenvalue weighted by Gasteiger charge is -2.36. The first kappa shape index (κ1) is 21.8. The summed E-state index contributed by atoms with van der Waals surface area (Å²) in [4.78, 5) is 14.9. The number of nitrogens with one attached hydrogen (secondary N) is 1. The average Bonchev–Trinajstić information content (AvgIpc) is 2.71. The maximum absolute atomic E-state index is 12.9. The molecule has 0 saturated carbocycles. The zero-order valence-corrected chi connectivity index (χ0v) is 18.4. The second-order valence-corrected chi connectivity index (χ2v) is 9.73. The van der Waals surface area contributed by atoms with Crippen molar-refractivity contribution in [2.45, 2.75) is 31.7 Å². The first-order chi connectivity index (χ1) is 13.7. The lowest BCUT2D eigenvalue weighted by molar-refractivity contribution is -0.121. The van der Waals surface area contributed by atoms with Crippen LogP contribution in [0.4, 0.5) is 5.69 Å². The summed E-state index contributed by atoms with van der Waals surface area (Å²) < 4.78 is 27.4. The number of nitrogens with zero attached hydrogens (tertiary/aromatic N) is 2. The SMILES string of the molecule is Cc1ccc(S(=O)(=O)N2CCN(C(C)C(=O)Nc3ccc(Cl)cc3)CC2)cc1C. The Morgan fingerprint density at radius 3 is 2.21 bits per heavy atom. The topological polar surface area (TPSA) is 69.7 Å². The Labute approximate surface area is 177 Å². The maximum Gasteiger partial charge on any atom is 0.243 e. The Bertz CT molecular complexity index is 985. The van der Waals surface area contributed by atoms with Crippen LogP contribution in [0.3, 0.4) is 0 Å². The molecule has 1 aliphatic rings. The van der Waals surface area contributed by atoms with Crippen molar-refractivity contribution < 1.29 is 13.2 Å². The number of hydrogen-bond donors (Lipinski definition) is 1. The van der Waals surface area contributed by atoms with Crippen LogP contribution in [0, 0.1) is 13.8 Å². The number of rotatable bonds is 5. The van der Waals surface area contributed by atoms with Gasteiger partial charge >= 0.3 is 0 Å². The molecule has 0 aromatic heterocycles. The summed E-state index contributed by atoms with van der Waals surface area (Å²) in [6, 6.07) is 11.8. The molecular weight excluding hydrogens is 410 g/mol. The Morgan fingerprint density at radius 2 is 1.62 bits per heavy atom. The van der Waals surface area contributed by atoms with Crippen LogP contribution in [0.5, 0.6) is 0 Å². The zero-order valence-electron chi connectivity index (χ0n) is 16.9. The normalized spacial score (nSPS) is 17.1. The average molecular weight is 436 g/mol. The molecule has 1 heterocycles. The van der Waals surface area contributed by atoms with Crippen LogP contribution in [-0.2, 0) is 14.8 Å². The minimum Gasteiger partial charge on any atom is -0.325 e. The summed E-state index contributed by atoms with van der Waals surface area (Å²) in [6.45, 7) is 7.41. The first-order valence-electron chi connectivity index (χ1n) is 9.56. The number of carbonyl (C=O) groups is 1. The third kappa shape index (κ3) is 4.98. The van der Waals surface area contributed by atoms with Crippen molar-refractivity contribution in [3.05, 3.63) is 58.6 Å². The maximum atomic E-state index is 12.9. The van der Waals surface area contributed by atoms with E-state index in [1.54, 1.807) is 36.4 Å². The molecule has 1 N–H and O–H groups in total. The van der Waals surface area contributed by atoms with E-state index >= 15 is 0 Å². The second kappa shape index (κ2) is 8.83.